The lowest BCUT2D eigenvalue weighted by molar-refractivity contribution is 0.182. The molecule has 1 atom stereocenters. The van der Waals surface area contributed by atoms with Gasteiger partial charge >= 0.3 is 0 Å². The third-order valence-corrected chi connectivity index (χ3v) is 4.48. The van der Waals surface area contributed by atoms with E-state index in [9.17, 15) is 17.9 Å². The quantitative estimate of drug-likeness (QED) is 0.885. The molecule has 2 N–H and O–H groups in total. The molecule has 0 radical (unpaired) electrons. The highest BCUT2D eigenvalue weighted by Gasteiger charge is 2.17. The molecule has 0 spiro atoms. The predicted molar refractivity (Wildman–Crippen MR) is 78.0 cm³/mol. The second-order valence-corrected chi connectivity index (χ2v) is 6.58. The van der Waals surface area contributed by atoms with Crippen molar-refractivity contribution in [3.05, 3.63) is 64.9 Å². The predicted octanol–water partition coefficient (Wildman–Crippen LogP) is 2.49. The topological polar surface area (TPSA) is 66.4 Å². The van der Waals surface area contributed by atoms with Crippen LogP contribution in [0.1, 0.15) is 11.7 Å². The molecule has 7 heteroatoms. The molecule has 2 aromatic rings. The van der Waals surface area contributed by atoms with Gasteiger partial charge in [0.05, 0.1) is 11.0 Å². The van der Waals surface area contributed by atoms with Gasteiger partial charge < -0.3 is 5.11 Å². The van der Waals surface area contributed by atoms with Crippen molar-refractivity contribution in [2.45, 2.75) is 11.0 Å². The van der Waals surface area contributed by atoms with Crippen LogP contribution in [0.2, 0.25) is 5.02 Å². The molecule has 1 unspecified atom stereocenters. The molecule has 0 saturated carbocycles. The molecule has 0 aliphatic carbocycles. The summed E-state index contributed by atoms with van der Waals surface area (Å²) in [5.41, 5.74) is 0.421. The van der Waals surface area contributed by atoms with Gasteiger partial charge in [-0.1, -0.05) is 29.8 Å². The van der Waals surface area contributed by atoms with Crippen LogP contribution in [0.25, 0.3) is 0 Å². The summed E-state index contributed by atoms with van der Waals surface area (Å²) in [5.74, 6) is -0.426. The number of halogens is 2. The van der Waals surface area contributed by atoms with Gasteiger partial charge in [-0.25, -0.2) is 17.5 Å². The van der Waals surface area contributed by atoms with Crippen LogP contribution in [0.15, 0.2) is 53.4 Å². The van der Waals surface area contributed by atoms with Crippen LogP contribution in [0.4, 0.5) is 4.39 Å². The Morgan fingerprint density at radius 3 is 2.48 bits per heavy atom. The van der Waals surface area contributed by atoms with E-state index < -0.39 is 21.9 Å². The standard InChI is InChI=1S/C14H13ClFNO3S/c15-11-2-1-3-13(8-11)21(19,20)17-9-14(18)10-4-6-12(16)7-5-10/h1-8,14,17-18H,9H2. The largest absolute Gasteiger partial charge is 0.387 e. The molecule has 0 saturated heterocycles. The highest BCUT2D eigenvalue weighted by molar-refractivity contribution is 7.89. The van der Waals surface area contributed by atoms with Crippen LogP contribution in [-0.4, -0.2) is 20.1 Å². The Morgan fingerprint density at radius 1 is 1.19 bits per heavy atom. The summed E-state index contributed by atoms with van der Waals surface area (Å²) in [4.78, 5) is 0.0151. The van der Waals surface area contributed by atoms with E-state index in [4.69, 9.17) is 11.6 Å². The SMILES string of the molecule is O=S(=O)(NCC(O)c1ccc(F)cc1)c1cccc(Cl)c1. The van der Waals surface area contributed by atoms with Crippen LogP contribution in [0.5, 0.6) is 0 Å². The van der Waals surface area contributed by atoms with Crippen LogP contribution in [-0.2, 0) is 10.0 Å². The molecular weight excluding hydrogens is 317 g/mol. The average molecular weight is 330 g/mol. The van der Waals surface area contributed by atoms with Gasteiger partial charge in [0.2, 0.25) is 10.0 Å². The van der Waals surface area contributed by atoms with E-state index in [-0.39, 0.29) is 11.4 Å². The molecule has 0 heterocycles. The van der Waals surface area contributed by atoms with Crippen LogP contribution < -0.4 is 4.72 Å². The smallest absolute Gasteiger partial charge is 0.240 e. The fraction of sp³-hybridized carbons (Fsp3) is 0.143. The zero-order valence-electron chi connectivity index (χ0n) is 10.8. The Hall–Kier alpha value is -1.47. The van der Waals surface area contributed by atoms with Gasteiger partial charge in [-0.3, -0.25) is 0 Å². The van der Waals surface area contributed by atoms with Crippen molar-refractivity contribution in [2.24, 2.45) is 0 Å². The van der Waals surface area contributed by atoms with Gasteiger partial charge in [-0.05, 0) is 35.9 Å². The molecule has 112 valence electrons. The number of sulfonamides is 1. The molecule has 0 aliphatic heterocycles. The van der Waals surface area contributed by atoms with Crippen molar-refractivity contribution >= 4 is 21.6 Å². The summed E-state index contributed by atoms with van der Waals surface area (Å²) in [6.07, 6.45) is -1.07. The van der Waals surface area contributed by atoms with Crippen LogP contribution >= 0.6 is 11.6 Å². The fourth-order valence-corrected chi connectivity index (χ4v) is 3.05. The molecule has 0 aliphatic rings. The Balaban J connectivity index is 2.06. The lowest BCUT2D eigenvalue weighted by Gasteiger charge is -2.12. The minimum absolute atomic E-state index is 0.0151. The summed E-state index contributed by atoms with van der Waals surface area (Å²) < 4.78 is 39.1. The third-order valence-electron chi connectivity index (χ3n) is 2.83. The number of aliphatic hydroxyl groups is 1. The first kappa shape index (κ1) is 15.9. The minimum Gasteiger partial charge on any atom is -0.387 e. The van der Waals surface area contributed by atoms with Gasteiger partial charge in [0.25, 0.3) is 0 Å². The zero-order chi connectivity index (χ0) is 15.5. The molecule has 2 aromatic carbocycles. The van der Waals surface area contributed by atoms with Crippen LogP contribution in [0.3, 0.4) is 0 Å². The van der Waals surface area contributed by atoms with Crippen molar-refractivity contribution in [3.8, 4) is 0 Å². The Morgan fingerprint density at radius 2 is 1.86 bits per heavy atom. The summed E-state index contributed by atoms with van der Waals surface area (Å²) in [6, 6.07) is 11.0. The van der Waals surface area contributed by atoms with E-state index in [0.717, 1.165) is 0 Å². The molecule has 0 bridgehead atoms. The number of nitrogens with one attached hydrogen (secondary N) is 1. The molecule has 4 nitrogen and oxygen atoms in total. The van der Waals surface area contributed by atoms with E-state index in [1.165, 1.54) is 42.5 Å². The molecule has 0 amide bonds. The molecular formula is C14H13ClFNO3S. The highest BCUT2D eigenvalue weighted by Crippen LogP contribution is 2.17. The first-order valence-corrected chi connectivity index (χ1v) is 7.93. The summed E-state index contributed by atoms with van der Waals surface area (Å²) in [7, 11) is -3.76. The summed E-state index contributed by atoms with van der Waals surface area (Å²) in [6.45, 7) is -0.222. The van der Waals surface area contributed by atoms with Gasteiger partial charge in [0.15, 0.2) is 0 Å². The van der Waals surface area contributed by atoms with E-state index in [2.05, 4.69) is 4.72 Å². The second-order valence-electron chi connectivity index (χ2n) is 4.38. The van der Waals surface area contributed by atoms with Crippen molar-refractivity contribution in [1.29, 1.82) is 0 Å². The molecule has 21 heavy (non-hydrogen) atoms. The number of benzene rings is 2. The second kappa shape index (κ2) is 6.53. The monoisotopic (exact) mass is 329 g/mol. The van der Waals surface area contributed by atoms with Crippen molar-refractivity contribution in [1.82, 2.24) is 4.72 Å². The van der Waals surface area contributed by atoms with E-state index in [0.29, 0.717) is 10.6 Å². The molecule has 2 rings (SSSR count). The summed E-state index contributed by atoms with van der Waals surface area (Å²) >= 11 is 5.75. The normalized spacial score (nSPS) is 13.1. The van der Waals surface area contributed by atoms with Gasteiger partial charge in [-0.15, -0.1) is 0 Å². The minimum atomic E-state index is -3.76. The van der Waals surface area contributed by atoms with Crippen molar-refractivity contribution in [2.75, 3.05) is 6.54 Å². The number of hydrogen-bond acceptors (Lipinski definition) is 3. The van der Waals surface area contributed by atoms with Crippen molar-refractivity contribution in [3.63, 3.8) is 0 Å². The average Bonchev–Trinajstić information content (AvgIpc) is 2.45. The van der Waals surface area contributed by atoms with Gasteiger partial charge in [0, 0.05) is 11.6 Å². The number of hydrogen-bond donors (Lipinski definition) is 2. The fourth-order valence-electron chi connectivity index (χ4n) is 1.71. The van der Waals surface area contributed by atoms with Gasteiger partial charge in [-0.2, -0.15) is 0 Å². The number of aliphatic hydroxyl groups excluding tert-OH is 1. The molecule has 0 fully saturated rings. The maximum atomic E-state index is 12.8. The van der Waals surface area contributed by atoms with E-state index in [1.807, 2.05) is 0 Å². The van der Waals surface area contributed by atoms with Crippen molar-refractivity contribution < 1.29 is 17.9 Å². The molecule has 0 aromatic heterocycles. The highest BCUT2D eigenvalue weighted by atomic mass is 35.5. The maximum Gasteiger partial charge on any atom is 0.240 e. The van der Waals surface area contributed by atoms with E-state index >= 15 is 0 Å². The third kappa shape index (κ3) is 4.25. The summed E-state index contributed by atoms with van der Waals surface area (Å²) in [5, 5.41) is 10.2. The van der Waals surface area contributed by atoms with E-state index in [1.54, 1.807) is 6.07 Å². The van der Waals surface area contributed by atoms with Crippen LogP contribution in [0, 0.1) is 5.82 Å². The first-order valence-electron chi connectivity index (χ1n) is 6.07. The first-order chi connectivity index (χ1) is 9.88. The Kier molecular flexibility index (Phi) is 4.95. The maximum absolute atomic E-state index is 12.8. The lowest BCUT2D eigenvalue weighted by atomic mass is 10.1. The number of rotatable bonds is 5. The van der Waals surface area contributed by atoms with Gasteiger partial charge in [0.1, 0.15) is 5.82 Å². The Labute approximate surface area is 127 Å². The Bertz CT molecular complexity index is 719. The lowest BCUT2D eigenvalue weighted by Crippen LogP contribution is -2.28. The zero-order valence-corrected chi connectivity index (χ0v) is 12.4.